The highest BCUT2D eigenvalue weighted by molar-refractivity contribution is 7.99. The average molecular weight is 521 g/mol. The van der Waals surface area contributed by atoms with Crippen molar-refractivity contribution >= 4 is 30.4 Å². The van der Waals surface area contributed by atoms with Crippen LogP contribution in [0.1, 0.15) is 95.0 Å². The highest BCUT2D eigenvalue weighted by Crippen LogP contribution is 2.41. The van der Waals surface area contributed by atoms with Crippen LogP contribution in [0, 0.1) is 13.8 Å². The van der Waals surface area contributed by atoms with Crippen molar-refractivity contribution in [3.8, 4) is 0 Å². The van der Waals surface area contributed by atoms with Crippen LogP contribution < -0.4 is 5.46 Å². The normalized spacial score (nSPS) is 21.1. The Kier molecular flexibility index (Phi) is 8.13. The number of benzene rings is 2. The lowest BCUT2D eigenvalue weighted by Gasteiger charge is -2.34. The molecule has 2 heterocycles. The van der Waals surface area contributed by atoms with Gasteiger partial charge in [-0.2, -0.15) is 11.8 Å². The predicted octanol–water partition coefficient (Wildman–Crippen LogP) is 6.98. The van der Waals surface area contributed by atoms with Crippen LogP contribution >= 0.6 is 11.8 Å². The lowest BCUT2D eigenvalue weighted by molar-refractivity contribution is 0.00578. The van der Waals surface area contributed by atoms with Gasteiger partial charge in [0.1, 0.15) is 0 Å². The molecule has 1 N–H and O–H groups in total. The van der Waals surface area contributed by atoms with Crippen LogP contribution in [0.2, 0.25) is 0 Å². The van der Waals surface area contributed by atoms with Crippen molar-refractivity contribution < 1.29 is 14.4 Å². The van der Waals surface area contributed by atoms with Crippen molar-refractivity contribution in [3.05, 3.63) is 70.3 Å². The Bertz CT molecular complexity index is 1130. The molecule has 0 amide bonds. The third-order valence-electron chi connectivity index (χ3n) is 9.29. The number of aliphatic hydroxyl groups is 1. The maximum Gasteiger partial charge on any atom is 0.495 e. The minimum Gasteiger partial charge on any atom is -0.399 e. The first-order valence-electron chi connectivity index (χ1n) is 13.9. The van der Waals surface area contributed by atoms with Gasteiger partial charge in [-0.25, -0.2) is 0 Å². The predicted molar refractivity (Wildman–Crippen MR) is 160 cm³/mol. The lowest BCUT2D eigenvalue weighted by atomic mass is 9.68. The summed E-state index contributed by atoms with van der Waals surface area (Å²) in [5.41, 5.74) is 6.01. The van der Waals surface area contributed by atoms with Gasteiger partial charge in [0.2, 0.25) is 0 Å². The summed E-state index contributed by atoms with van der Waals surface area (Å²) in [5.74, 6) is 2.06. The summed E-state index contributed by atoms with van der Waals surface area (Å²) in [6, 6.07) is 13.7. The molecule has 0 saturated carbocycles. The molecule has 2 saturated heterocycles. The van der Waals surface area contributed by atoms with E-state index in [1.807, 2.05) is 17.8 Å². The Morgan fingerprint density at radius 2 is 1.43 bits per heavy atom. The second-order valence-electron chi connectivity index (χ2n) is 12.1. The number of thioether (sulfide) groups is 1. The van der Waals surface area contributed by atoms with Gasteiger partial charge in [-0.15, -0.1) is 0 Å². The molecule has 2 fully saturated rings. The molecule has 0 unspecified atom stereocenters. The van der Waals surface area contributed by atoms with E-state index in [0.717, 1.165) is 42.7 Å². The number of aryl methyl sites for hydroxylation is 2. The van der Waals surface area contributed by atoms with Crippen molar-refractivity contribution in [2.75, 3.05) is 11.5 Å². The van der Waals surface area contributed by atoms with Crippen LogP contribution in [-0.4, -0.2) is 40.5 Å². The zero-order valence-electron chi connectivity index (χ0n) is 24.1. The molecule has 5 heteroatoms. The first kappa shape index (κ1) is 28.5. The summed E-state index contributed by atoms with van der Waals surface area (Å²) in [5, 5.41) is 10.9. The fourth-order valence-electron chi connectivity index (χ4n) is 5.74. The minimum absolute atomic E-state index is 0.0645. The molecule has 2 aliphatic heterocycles. The smallest absolute Gasteiger partial charge is 0.399 e. The van der Waals surface area contributed by atoms with Gasteiger partial charge in [0.15, 0.2) is 0 Å². The van der Waals surface area contributed by atoms with Crippen LogP contribution in [0.5, 0.6) is 0 Å². The molecule has 0 atom stereocenters. The van der Waals surface area contributed by atoms with E-state index in [4.69, 9.17) is 9.31 Å². The topological polar surface area (TPSA) is 38.7 Å². The van der Waals surface area contributed by atoms with Gasteiger partial charge in [-0.1, -0.05) is 68.0 Å². The Hall–Kier alpha value is -1.53. The van der Waals surface area contributed by atoms with E-state index < -0.39 is 5.60 Å². The van der Waals surface area contributed by atoms with Gasteiger partial charge in [-0.3, -0.25) is 0 Å². The van der Waals surface area contributed by atoms with Gasteiger partial charge >= 0.3 is 7.12 Å². The molecule has 4 rings (SSSR count). The Morgan fingerprint density at radius 1 is 0.892 bits per heavy atom. The maximum absolute atomic E-state index is 10.9. The molecular weight excluding hydrogens is 475 g/mol. The molecule has 2 aromatic rings. The van der Waals surface area contributed by atoms with Gasteiger partial charge in [0.25, 0.3) is 0 Å². The monoisotopic (exact) mass is 520 g/mol. The molecular formula is C32H45BO3S. The van der Waals surface area contributed by atoms with Crippen LogP contribution in [0.4, 0.5) is 0 Å². The van der Waals surface area contributed by atoms with Gasteiger partial charge in [-0.05, 0) is 106 Å². The van der Waals surface area contributed by atoms with E-state index in [1.165, 1.54) is 27.8 Å². The van der Waals surface area contributed by atoms with Crippen LogP contribution in [-0.2, 0) is 14.7 Å². The largest absolute Gasteiger partial charge is 0.495 e. The summed E-state index contributed by atoms with van der Waals surface area (Å²) in [6.45, 7) is 17.4. The molecule has 2 aliphatic rings. The van der Waals surface area contributed by atoms with E-state index in [-0.39, 0.29) is 23.7 Å². The molecule has 0 aromatic heterocycles. The Labute approximate surface area is 229 Å². The van der Waals surface area contributed by atoms with Gasteiger partial charge < -0.3 is 14.4 Å². The number of hydrogen-bond acceptors (Lipinski definition) is 4. The summed E-state index contributed by atoms with van der Waals surface area (Å²) in [4.78, 5) is 0. The highest BCUT2D eigenvalue weighted by atomic mass is 32.2. The van der Waals surface area contributed by atoms with Crippen LogP contribution in [0.15, 0.2) is 42.5 Å². The van der Waals surface area contributed by atoms with Crippen molar-refractivity contribution in [2.24, 2.45) is 0 Å². The third kappa shape index (κ3) is 5.48. The Morgan fingerprint density at radius 3 is 1.95 bits per heavy atom. The van der Waals surface area contributed by atoms with E-state index in [2.05, 4.69) is 97.9 Å². The van der Waals surface area contributed by atoms with Crippen LogP contribution in [0.3, 0.4) is 0 Å². The molecule has 0 spiro atoms. The summed E-state index contributed by atoms with van der Waals surface area (Å²) < 4.78 is 12.7. The molecule has 200 valence electrons. The average Bonchev–Trinajstić information content (AvgIpc) is 3.06. The summed E-state index contributed by atoms with van der Waals surface area (Å²) in [6.07, 6.45) is 7.86. The zero-order valence-corrected chi connectivity index (χ0v) is 24.9. The van der Waals surface area contributed by atoms with Crippen LogP contribution in [0.25, 0.3) is 6.08 Å². The molecule has 3 nitrogen and oxygen atoms in total. The fourth-order valence-corrected chi connectivity index (χ4v) is 6.94. The van der Waals surface area contributed by atoms with E-state index in [1.54, 1.807) is 0 Å². The van der Waals surface area contributed by atoms with E-state index >= 15 is 0 Å². The number of rotatable bonds is 7. The first-order valence-corrected chi connectivity index (χ1v) is 15.1. The second kappa shape index (κ2) is 10.6. The maximum atomic E-state index is 10.9. The van der Waals surface area contributed by atoms with Crippen molar-refractivity contribution in [1.82, 2.24) is 0 Å². The zero-order chi connectivity index (χ0) is 27.1. The molecule has 2 aromatic carbocycles. The number of hydrogen-bond donors (Lipinski definition) is 1. The quantitative estimate of drug-likeness (QED) is 0.400. The van der Waals surface area contributed by atoms with Gasteiger partial charge in [0, 0.05) is 5.41 Å². The first-order chi connectivity index (χ1) is 17.4. The fraction of sp³-hybridized carbons (Fsp3) is 0.562. The SMILES string of the molecule is CCC(CC)(c1ccc(/C=C/C2(O)CCSCC2)c(C)c1)c1ccc(B2OC(C)(C)C(C)(C)O2)c(C)c1. The molecule has 0 radical (unpaired) electrons. The van der Waals surface area contributed by atoms with Gasteiger partial charge in [0.05, 0.1) is 16.8 Å². The van der Waals surface area contributed by atoms with Crippen molar-refractivity contribution in [3.63, 3.8) is 0 Å². The minimum atomic E-state index is -0.663. The molecule has 37 heavy (non-hydrogen) atoms. The van der Waals surface area contributed by atoms with E-state index in [9.17, 15) is 5.11 Å². The second-order valence-corrected chi connectivity index (χ2v) is 13.3. The molecule has 0 bridgehead atoms. The van der Waals surface area contributed by atoms with E-state index in [0.29, 0.717) is 0 Å². The lowest BCUT2D eigenvalue weighted by Crippen LogP contribution is -2.41. The Balaban J connectivity index is 1.63. The van der Waals surface area contributed by atoms with Crippen molar-refractivity contribution in [1.29, 1.82) is 0 Å². The third-order valence-corrected chi connectivity index (χ3v) is 10.3. The summed E-state index contributed by atoms with van der Waals surface area (Å²) in [7, 11) is -0.345. The van der Waals surface area contributed by atoms with Crippen molar-refractivity contribution in [2.45, 2.75) is 103 Å². The summed E-state index contributed by atoms with van der Waals surface area (Å²) >= 11 is 1.93. The highest BCUT2D eigenvalue weighted by Gasteiger charge is 2.52. The standard InChI is InChI=1S/C32H45BO3S/c1-9-32(10-2,26-12-11-25(23(3)21-26)15-16-31(34)17-19-37-20-18-31)27-13-14-28(24(4)22-27)33-35-29(5,6)30(7,8)36-33/h11-16,21-22,34H,9-10,17-20H2,1-8H3/b16-15+. The molecule has 0 aliphatic carbocycles.